The molecule has 146 valence electrons. The van der Waals surface area contributed by atoms with Gasteiger partial charge in [-0.25, -0.2) is 4.98 Å². The van der Waals surface area contributed by atoms with Gasteiger partial charge in [-0.2, -0.15) is 0 Å². The first-order valence-electron chi connectivity index (χ1n) is 9.08. The normalized spacial score (nSPS) is 10.7. The van der Waals surface area contributed by atoms with Gasteiger partial charge in [0.2, 0.25) is 0 Å². The van der Waals surface area contributed by atoms with Crippen LogP contribution in [0.25, 0.3) is 20.8 Å². The quantitative estimate of drug-likeness (QED) is 0.474. The van der Waals surface area contributed by atoms with Crippen LogP contribution in [0.5, 0.6) is 11.5 Å². The Morgan fingerprint density at radius 1 is 0.966 bits per heavy atom. The Labute approximate surface area is 172 Å². The fraction of sp³-hybridized carbons (Fsp3) is 0.130. The Morgan fingerprint density at radius 2 is 1.76 bits per heavy atom. The first-order chi connectivity index (χ1) is 14.1. The van der Waals surface area contributed by atoms with Crippen molar-refractivity contribution in [2.75, 3.05) is 19.5 Å². The molecule has 0 saturated heterocycles. The lowest BCUT2D eigenvalue weighted by Crippen LogP contribution is -2.13. The summed E-state index contributed by atoms with van der Waals surface area (Å²) in [6.07, 6.45) is 0. The molecule has 6 heteroatoms. The standard InChI is InChI=1S/C23H20N2O3S/c1-14-4-11-19-21(12-14)29-23(25-19)15-5-7-16(8-6-15)24-22(26)18-10-9-17(27-2)13-20(18)28-3/h4-13H,1-3H3,(H,24,26). The summed E-state index contributed by atoms with van der Waals surface area (Å²) in [6.45, 7) is 2.08. The first kappa shape index (κ1) is 19.0. The van der Waals surface area contributed by atoms with Crippen molar-refractivity contribution in [3.05, 3.63) is 71.8 Å². The Morgan fingerprint density at radius 3 is 2.48 bits per heavy atom. The van der Waals surface area contributed by atoms with Crippen LogP contribution in [0, 0.1) is 6.92 Å². The Kier molecular flexibility index (Phi) is 5.18. The lowest BCUT2D eigenvalue weighted by Gasteiger charge is -2.11. The van der Waals surface area contributed by atoms with Gasteiger partial charge in [0.15, 0.2) is 0 Å². The molecule has 4 aromatic rings. The number of ether oxygens (including phenoxy) is 2. The van der Waals surface area contributed by atoms with Crippen LogP contribution in [0.4, 0.5) is 5.69 Å². The van der Waals surface area contributed by atoms with E-state index in [1.165, 1.54) is 17.4 Å². The van der Waals surface area contributed by atoms with E-state index in [0.717, 1.165) is 16.1 Å². The van der Waals surface area contributed by atoms with E-state index in [1.807, 2.05) is 30.3 Å². The predicted octanol–water partition coefficient (Wildman–Crippen LogP) is 5.54. The molecule has 5 nitrogen and oxygen atoms in total. The molecule has 1 N–H and O–H groups in total. The largest absolute Gasteiger partial charge is 0.497 e. The number of hydrogen-bond acceptors (Lipinski definition) is 5. The van der Waals surface area contributed by atoms with Crippen LogP contribution in [-0.4, -0.2) is 25.1 Å². The second-order valence-corrected chi connectivity index (χ2v) is 7.62. The molecule has 3 aromatic carbocycles. The zero-order chi connectivity index (χ0) is 20.4. The maximum Gasteiger partial charge on any atom is 0.259 e. The van der Waals surface area contributed by atoms with Crippen molar-refractivity contribution < 1.29 is 14.3 Å². The van der Waals surface area contributed by atoms with Crippen LogP contribution in [0.2, 0.25) is 0 Å². The van der Waals surface area contributed by atoms with E-state index in [1.54, 1.807) is 36.6 Å². The van der Waals surface area contributed by atoms with E-state index in [9.17, 15) is 4.79 Å². The average Bonchev–Trinajstić information content (AvgIpc) is 3.16. The molecule has 29 heavy (non-hydrogen) atoms. The molecule has 1 aromatic heterocycles. The number of rotatable bonds is 5. The number of carbonyl (C=O) groups excluding carboxylic acids is 1. The van der Waals surface area contributed by atoms with Crippen molar-refractivity contribution >= 4 is 33.1 Å². The third kappa shape index (κ3) is 3.93. The highest BCUT2D eigenvalue weighted by Gasteiger charge is 2.14. The lowest BCUT2D eigenvalue weighted by molar-refractivity contribution is 0.102. The van der Waals surface area contributed by atoms with Gasteiger partial charge in [-0.15, -0.1) is 11.3 Å². The Balaban J connectivity index is 1.54. The number of amides is 1. The number of anilines is 1. The van der Waals surface area contributed by atoms with Gasteiger partial charge >= 0.3 is 0 Å². The second-order valence-electron chi connectivity index (χ2n) is 6.59. The van der Waals surface area contributed by atoms with Crippen molar-refractivity contribution in [3.63, 3.8) is 0 Å². The van der Waals surface area contributed by atoms with E-state index >= 15 is 0 Å². The van der Waals surface area contributed by atoms with Crippen LogP contribution in [0.1, 0.15) is 15.9 Å². The molecule has 0 spiro atoms. The summed E-state index contributed by atoms with van der Waals surface area (Å²) in [5.41, 5.74) is 4.38. The number of fused-ring (bicyclic) bond motifs is 1. The molecule has 0 saturated carbocycles. The molecular formula is C23H20N2O3S. The highest BCUT2D eigenvalue weighted by atomic mass is 32.1. The number of aryl methyl sites for hydroxylation is 1. The maximum atomic E-state index is 12.7. The van der Waals surface area contributed by atoms with Gasteiger partial charge in [0, 0.05) is 17.3 Å². The molecule has 1 amide bonds. The smallest absolute Gasteiger partial charge is 0.259 e. The molecule has 0 unspecified atom stereocenters. The van der Waals surface area contributed by atoms with Gasteiger partial charge in [-0.1, -0.05) is 6.07 Å². The fourth-order valence-electron chi connectivity index (χ4n) is 3.04. The molecule has 0 aliphatic carbocycles. The Bertz CT molecular complexity index is 1180. The van der Waals surface area contributed by atoms with E-state index < -0.39 is 0 Å². The van der Waals surface area contributed by atoms with E-state index in [0.29, 0.717) is 22.7 Å². The minimum absolute atomic E-state index is 0.243. The van der Waals surface area contributed by atoms with E-state index in [2.05, 4.69) is 24.4 Å². The van der Waals surface area contributed by atoms with Crippen molar-refractivity contribution in [1.82, 2.24) is 4.98 Å². The molecule has 0 aliphatic rings. The van der Waals surface area contributed by atoms with Crippen LogP contribution in [0.3, 0.4) is 0 Å². The van der Waals surface area contributed by atoms with Crippen LogP contribution < -0.4 is 14.8 Å². The van der Waals surface area contributed by atoms with Crippen molar-refractivity contribution in [2.24, 2.45) is 0 Å². The van der Waals surface area contributed by atoms with Gasteiger partial charge in [0.05, 0.1) is 30.0 Å². The molecule has 0 atom stereocenters. The zero-order valence-corrected chi connectivity index (χ0v) is 17.2. The monoisotopic (exact) mass is 404 g/mol. The predicted molar refractivity (Wildman–Crippen MR) is 117 cm³/mol. The second kappa shape index (κ2) is 7.93. The summed E-state index contributed by atoms with van der Waals surface area (Å²) in [5.74, 6) is 0.852. The van der Waals surface area contributed by atoms with Crippen molar-refractivity contribution in [1.29, 1.82) is 0 Å². The van der Waals surface area contributed by atoms with Crippen LogP contribution in [0.15, 0.2) is 60.7 Å². The number of benzene rings is 3. The minimum Gasteiger partial charge on any atom is -0.497 e. The van der Waals surface area contributed by atoms with Gasteiger partial charge < -0.3 is 14.8 Å². The summed E-state index contributed by atoms with van der Waals surface area (Å²) in [7, 11) is 3.10. The minimum atomic E-state index is -0.243. The molecular weight excluding hydrogens is 384 g/mol. The summed E-state index contributed by atoms with van der Waals surface area (Å²) in [4.78, 5) is 17.4. The fourth-order valence-corrected chi connectivity index (χ4v) is 4.11. The molecule has 0 fully saturated rings. The average molecular weight is 404 g/mol. The van der Waals surface area contributed by atoms with E-state index in [-0.39, 0.29) is 5.91 Å². The summed E-state index contributed by atoms with van der Waals surface area (Å²) >= 11 is 1.66. The van der Waals surface area contributed by atoms with Gasteiger partial charge in [-0.05, 0) is 61.0 Å². The highest BCUT2D eigenvalue weighted by molar-refractivity contribution is 7.21. The lowest BCUT2D eigenvalue weighted by atomic mass is 10.1. The number of nitrogens with zero attached hydrogens (tertiary/aromatic N) is 1. The molecule has 1 heterocycles. The van der Waals surface area contributed by atoms with Crippen molar-refractivity contribution in [3.8, 4) is 22.1 Å². The molecule has 0 radical (unpaired) electrons. The highest BCUT2D eigenvalue weighted by Crippen LogP contribution is 2.31. The number of carbonyl (C=O) groups is 1. The Hall–Kier alpha value is -3.38. The molecule has 0 bridgehead atoms. The zero-order valence-electron chi connectivity index (χ0n) is 16.4. The third-order valence-corrected chi connectivity index (χ3v) is 5.65. The van der Waals surface area contributed by atoms with Crippen LogP contribution in [-0.2, 0) is 0 Å². The first-order valence-corrected chi connectivity index (χ1v) is 9.90. The van der Waals surface area contributed by atoms with Crippen molar-refractivity contribution in [2.45, 2.75) is 6.92 Å². The van der Waals surface area contributed by atoms with Gasteiger partial charge in [0.25, 0.3) is 5.91 Å². The maximum absolute atomic E-state index is 12.7. The molecule has 0 aliphatic heterocycles. The number of hydrogen-bond donors (Lipinski definition) is 1. The van der Waals surface area contributed by atoms with Crippen LogP contribution >= 0.6 is 11.3 Å². The molecule has 4 rings (SSSR count). The number of thiazole rings is 1. The number of methoxy groups -OCH3 is 2. The number of nitrogens with one attached hydrogen (secondary N) is 1. The SMILES string of the molecule is COc1ccc(C(=O)Nc2ccc(-c3nc4ccc(C)cc4s3)cc2)c(OC)c1. The summed E-state index contributed by atoms with van der Waals surface area (Å²) < 4.78 is 11.7. The number of aromatic nitrogens is 1. The summed E-state index contributed by atoms with van der Waals surface area (Å²) in [5, 5.41) is 3.86. The summed E-state index contributed by atoms with van der Waals surface area (Å²) in [6, 6.07) is 19.0. The topological polar surface area (TPSA) is 60.5 Å². The van der Waals surface area contributed by atoms with Gasteiger partial charge in [0.1, 0.15) is 16.5 Å². The van der Waals surface area contributed by atoms with Gasteiger partial charge in [-0.3, -0.25) is 4.79 Å². The van der Waals surface area contributed by atoms with E-state index in [4.69, 9.17) is 14.5 Å². The third-order valence-electron chi connectivity index (χ3n) is 4.59.